The topological polar surface area (TPSA) is 61.8 Å². The number of urea groups is 1. The SMILES string of the molecule is CCCCN(CCCO)C(=O)Nc1cc(C)ccc1OC. The van der Waals surface area contributed by atoms with Crippen LogP contribution in [0.3, 0.4) is 0 Å². The van der Waals surface area contributed by atoms with E-state index in [2.05, 4.69) is 12.2 Å². The van der Waals surface area contributed by atoms with E-state index in [9.17, 15) is 4.79 Å². The van der Waals surface area contributed by atoms with Crippen molar-refractivity contribution in [2.45, 2.75) is 33.1 Å². The number of amides is 2. The third kappa shape index (κ3) is 5.63. The number of aliphatic hydroxyl groups is 1. The standard InChI is InChI=1S/C16H26N2O3/c1-4-5-9-18(10-6-11-19)16(20)17-14-12-13(2)7-8-15(14)21-3/h7-8,12,19H,4-6,9-11H2,1-3H3,(H,17,20). The molecule has 0 radical (unpaired) electrons. The monoisotopic (exact) mass is 294 g/mol. The lowest BCUT2D eigenvalue weighted by atomic mass is 10.2. The van der Waals surface area contributed by atoms with Gasteiger partial charge < -0.3 is 20.1 Å². The van der Waals surface area contributed by atoms with Gasteiger partial charge in [-0.25, -0.2) is 4.79 Å². The van der Waals surface area contributed by atoms with Gasteiger partial charge in [0, 0.05) is 19.7 Å². The molecule has 118 valence electrons. The van der Waals surface area contributed by atoms with E-state index in [1.54, 1.807) is 12.0 Å². The molecule has 0 fully saturated rings. The molecule has 0 heterocycles. The van der Waals surface area contributed by atoms with Crippen LogP contribution in [0.4, 0.5) is 10.5 Å². The van der Waals surface area contributed by atoms with Crippen LogP contribution in [0.1, 0.15) is 31.7 Å². The summed E-state index contributed by atoms with van der Waals surface area (Å²) >= 11 is 0. The van der Waals surface area contributed by atoms with Gasteiger partial charge in [-0.15, -0.1) is 0 Å². The Morgan fingerprint density at radius 1 is 1.33 bits per heavy atom. The second-order valence-electron chi connectivity index (χ2n) is 5.05. The average Bonchev–Trinajstić information content (AvgIpc) is 2.47. The number of aliphatic hydroxyl groups excluding tert-OH is 1. The number of aryl methyl sites for hydroxylation is 1. The molecule has 0 unspecified atom stereocenters. The Morgan fingerprint density at radius 2 is 2.05 bits per heavy atom. The molecule has 0 aliphatic heterocycles. The van der Waals surface area contributed by atoms with Gasteiger partial charge in [-0.05, 0) is 37.5 Å². The van der Waals surface area contributed by atoms with Gasteiger partial charge in [0.05, 0.1) is 12.8 Å². The molecular formula is C16H26N2O3. The van der Waals surface area contributed by atoms with Crippen LogP contribution in [-0.4, -0.2) is 42.8 Å². The number of anilines is 1. The van der Waals surface area contributed by atoms with E-state index < -0.39 is 0 Å². The Morgan fingerprint density at radius 3 is 2.67 bits per heavy atom. The number of ether oxygens (including phenoxy) is 1. The van der Waals surface area contributed by atoms with Crippen molar-refractivity contribution in [3.05, 3.63) is 23.8 Å². The second kappa shape index (κ2) is 9.23. The average molecular weight is 294 g/mol. The summed E-state index contributed by atoms with van der Waals surface area (Å²) in [5.74, 6) is 0.645. The summed E-state index contributed by atoms with van der Waals surface area (Å²) in [6, 6.07) is 5.52. The molecule has 5 heteroatoms. The molecule has 0 atom stereocenters. The fourth-order valence-electron chi connectivity index (χ4n) is 2.04. The molecule has 1 rings (SSSR count). The number of nitrogens with one attached hydrogen (secondary N) is 1. The molecule has 0 aliphatic carbocycles. The van der Waals surface area contributed by atoms with Crippen LogP contribution in [0.2, 0.25) is 0 Å². The summed E-state index contributed by atoms with van der Waals surface area (Å²) in [4.78, 5) is 14.1. The summed E-state index contributed by atoms with van der Waals surface area (Å²) in [6.07, 6.45) is 2.56. The summed E-state index contributed by atoms with van der Waals surface area (Å²) in [7, 11) is 1.58. The molecule has 2 amide bonds. The van der Waals surface area contributed by atoms with E-state index in [1.165, 1.54) is 0 Å². The number of hydrogen-bond acceptors (Lipinski definition) is 3. The lowest BCUT2D eigenvalue weighted by Gasteiger charge is -2.23. The molecule has 21 heavy (non-hydrogen) atoms. The van der Waals surface area contributed by atoms with Gasteiger partial charge in [-0.3, -0.25) is 0 Å². The quantitative estimate of drug-likeness (QED) is 0.774. The van der Waals surface area contributed by atoms with Crippen molar-refractivity contribution < 1.29 is 14.6 Å². The van der Waals surface area contributed by atoms with Crippen LogP contribution in [0.25, 0.3) is 0 Å². The first-order valence-corrected chi connectivity index (χ1v) is 7.43. The largest absolute Gasteiger partial charge is 0.495 e. The van der Waals surface area contributed by atoms with Gasteiger partial charge in [0.15, 0.2) is 0 Å². The fourth-order valence-corrected chi connectivity index (χ4v) is 2.04. The second-order valence-corrected chi connectivity index (χ2v) is 5.05. The molecule has 0 bridgehead atoms. The smallest absolute Gasteiger partial charge is 0.321 e. The molecule has 1 aromatic carbocycles. The third-order valence-electron chi connectivity index (χ3n) is 3.25. The van der Waals surface area contributed by atoms with Crippen molar-refractivity contribution in [2.24, 2.45) is 0 Å². The maximum atomic E-state index is 12.4. The van der Waals surface area contributed by atoms with Gasteiger partial charge in [0.2, 0.25) is 0 Å². The Kier molecular flexibility index (Phi) is 7.61. The van der Waals surface area contributed by atoms with Gasteiger partial charge in [0.1, 0.15) is 5.75 Å². The van der Waals surface area contributed by atoms with E-state index in [1.807, 2.05) is 25.1 Å². The highest BCUT2D eigenvalue weighted by molar-refractivity contribution is 5.91. The Hall–Kier alpha value is -1.75. The first-order valence-electron chi connectivity index (χ1n) is 7.43. The van der Waals surface area contributed by atoms with Crippen LogP contribution in [0.15, 0.2) is 18.2 Å². The van der Waals surface area contributed by atoms with Crippen molar-refractivity contribution in [2.75, 3.05) is 32.1 Å². The summed E-state index contributed by atoms with van der Waals surface area (Å²) in [5.41, 5.74) is 1.73. The van der Waals surface area contributed by atoms with Crippen molar-refractivity contribution in [1.82, 2.24) is 4.90 Å². The van der Waals surface area contributed by atoms with Crippen LogP contribution in [-0.2, 0) is 0 Å². The van der Waals surface area contributed by atoms with E-state index >= 15 is 0 Å². The lowest BCUT2D eigenvalue weighted by Crippen LogP contribution is -2.37. The zero-order chi connectivity index (χ0) is 15.7. The molecule has 0 saturated heterocycles. The van der Waals surface area contributed by atoms with Crippen LogP contribution in [0, 0.1) is 6.92 Å². The highest BCUT2D eigenvalue weighted by atomic mass is 16.5. The Bertz CT molecular complexity index is 441. The Labute approximate surface area is 126 Å². The maximum absolute atomic E-state index is 12.4. The van der Waals surface area contributed by atoms with Crippen LogP contribution in [0.5, 0.6) is 5.75 Å². The number of methoxy groups -OCH3 is 1. The Balaban J connectivity index is 2.77. The predicted molar refractivity (Wildman–Crippen MR) is 84.9 cm³/mol. The number of carbonyl (C=O) groups is 1. The third-order valence-corrected chi connectivity index (χ3v) is 3.25. The van der Waals surface area contributed by atoms with Crippen molar-refractivity contribution in [3.8, 4) is 5.75 Å². The van der Waals surface area contributed by atoms with Crippen molar-refractivity contribution in [3.63, 3.8) is 0 Å². The first kappa shape index (κ1) is 17.3. The molecule has 5 nitrogen and oxygen atoms in total. The lowest BCUT2D eigenvalue weighted by molar-refractivity contribution is 0.201. The number of unbranched alkanes of at least 4 members (excludes halogenated alkanes) is 1. The van der Waals surface area contributed by atoms with E-state index in [0.717, 1.165) is 18.4 Å². The molecule has 0 saturated carbocycles. The van der Waals surface area contributed by atoms with E-state index in [0.29, 0.717) is 30.9 Å². The summed E-state index contributed by atoms with van der Waals surface area (Å²) in [6.45, 7) is 5.39. The number of benzene rings is 1. The van der Waals surface area contributed by atoms with Crippen LogP contribution >= 0.6 is 0 Å². The maximum Gasteiger partial charge on any atom is 0.321 e. The molecule has 2 N–H and O–H groups in total. The normalized spacial score (nSPS) is 10.3. The summed E-state index contributed by atoms with van der Waals surface area (Å²) < 4.78 is 5.27. The minimum absolute atomic E-state index is 0.0870. The fraction of sp³-hybridized carbons (Fsp3) is 0.562. The predicted octanol–water partition coefficient (Wildman–Crippen LogP) is 3.02. The van der Waals surface area contributed by atoms with Crippen LogP contribution < -0.4 is 10.1 Å². The molecule has 1 aromatic rings. The van der Waals surface area contributed by atoms with Gasteiger partial charge in [0.25, 0.3) is 0 Å². The van der Waals surface area contributed by atoms with Crippen molar-refractivity contribution >= 4 is 11.7 Å². The number of nitrogens with zero attached hydrogens (tertiary/aromatic N) is 1. The van der Waals surface area contributed by atoms with Gasteiger partial charge in [-0.2, -0.15) is 0 Å². The molecule has 0 aromatic heterocycles. The van der Waals surface area contributed by atoms with E-state index in [-0.39, 0.29) is 12.6 Å². The van der Waals surface area contributed by atoms with Gasteiger partial charge in [-0.1, -0.05) is 19.4 Å². The summed E-state index contributed by atoms with van der Waals surface area (Å²) in [5, 5.41) is 11.9. The number of carbonyl (C=O) groups excluding carboxylic acids is 1. The minimum atomic E-state index is -0.152. The van der Waals surface area contributed by atoms with E-state index in [4.69, 9.17) is 9.84 Å². The highest BCUT2D eigenvalue weighted by Crippen LogP contribution is 2.25. The number of hydrogen-bond donors (Lipinski definition) is 2. The molecule has 0 aliphatic rings. The van der Waals surface area contributed by atoms with Crippen molar-refractivity contribution in [1.29, 1.82) is 0 Å². The highest BCUT2D eigenvalue weighted by Gasteiger charge is 2.14. The minimum Gasteiger partial charge on any atom is -0.495 e. The van der Waals surface area contributed by atoms with Gasteiger partial charge >= 0.3 is 6.03 Å². The molecular weight excluding hydrogens is 268 g/mol. The molecule has 0 spiro atoms. The zero-order valence-corrected chi connectivity index (χ0v) is 13.2. The zero-order valence-electron chi connectivity index (χ0n) is 13.2. The number of rotatable bonds is 8. The first-order chi connectivity index (χ1) is 10.1.